The van der Waals surface area contributed by atoms with Gasteiger partial charge in [-0.05, 0) is 48.4 Å². The Kier molecular flexibility index (Phi) is 5.16. The van der Waals surface area contributed by atoms with Crippen LogP contribution in [-0.4, -0.2) is 17.4 Å². The fraction of sp³-hybridized carbons (Fsp3) is 0.235. The standard InChI is InChI=1S/C17H16BrNOS2/c1-11-10-14(18)6-7-15(11)19-16(20)12-2-4-13(5-3-12)17-21-8-9-22-17/h2-7,10,17H,8-9H2,1H3,(H,19,20). The second-order valence-electron chi connectivity index (χ2n) is 5.11. The van der Waals surface area contributed by atoms with Crippen molar-refractivity contribution in [1.29, 1.82) is 0 Å². The second-order valence-corrected chi connectivity index (χ2v) is 8.75. The van der Waals surface area contributed by atoms with Crippen LogP contribution in [0.2, 0.25) is 0 Å². The van der Waals surface area contributed by atoms with E-state index in [4.69, 9.17) is 0 Å². The van der Waals surface area contributed by atoms with Crippen molar-refractivity contribution in [3.8, 4) is 0 Å². The Balaban J connectivity index is 1.71. The first-order valence-electron chi connectivity index (χ1n) is 7.04. The van der Waals surface area contributed by atoms with E-state index in [1.165, 1.54) is 17.1 Å². The lowest BCUT2D eigenvalue weighted by Crippen LogP contribution is -2.12. The monoisotopic (exact) mass is 393 g/mol. The van der Waals surface area contributed by atoms with Crippen molar-refractivity contribution in [2.75, 3.05) is 16.8 Å². The van der Waals surface area contributed by atoms with Gasteiger partial charge in [0.25, 0.3) is 5.91 Å². The molecule has 2 nitrogen and oxygen atoms in total. The molecule has 1 amide bonds. The molecule has 1 aliphatic rings. The fourth-order valence-electron chi connectivity index (χ4n) is 2.30. The van der Waals surface area contributed by atoms with Gasteiger partial charge in [0.1, 0.15) is 0 Å². The number of anilines is 1. The van der Waals surface area contributed by atoms with E-state index in [-0.39, 0.29) is 5.91 Å². The SMILES string of the molecule is Cc1cc(Br)ccc1NC(=O)c1ccc(C2SCCS2)cc1. The maximum atomic E-state index is 12.4. The molecule has 0 unspecified atom stereocenters. The molecule has 1 heterocycles. The van der Waals surface area contributed by atoms with Crippen LogP contribution < -0.4 is 5.32 Å². The minimum Gasteiger partial charge on any atom is -0.322 e. The summed E-state index contributed by atoms with van der Waals surface area (Å²) in [7, 11) is 0. The van der Waals surface area contributed by atoms with E-state index < -0.39 is 0 Å². The van der Waals surface area contributed by atoms with Crippen LogP contribution in [0.3, 0.4) is 0 Å². The average Bonchev–Trinajstić information content (AvgIpc) is 3.04. The summed E-state index contributed by atoms with van der Waals surface area (Å²) in [5.41, 5.74) is 3.88. The van der Waals surface area contributed by atoms with E-state index >= 15 is 0 Å². The Morgan fingerprint density at radius 1 is 1.14 bits per heavy atom. The van der Waals surface area contributed by atoms with Gasteiger partial charge >= 0.3 is 0 Å². The van der Waals surface area contributed by atoms with Crippen LogP contribution in [0.15, 0.2) is 46.9 Å². The van der Waals surface area contributed by atoms with Crippen molar-refractivity contribution >= 4 is 51.0 Å². The zero-order valence-corrected chi connectivity index (χ0v) is 15.4. The van der Waals surface area contributed by atoms with Gasteiger partial charge in [-0.15, -0.1) is 23.5 Å². The van der Waals surface area contributed by atoms with Gasteiger partial charge in [0.15, 0.2) is 0 Å². The maximum absolute atomic E-state index is 12.4. The van der Waals surface area contributed by atoms with Gasteiger partial charge in [0.2, 0.25) is 0 Å². The Morgan fingerprint density at radius 3 is 2.45 bits per heavy atom. The number of hydrogen-bond acceptors (Lipinski definition) is 3. The molecule has 0 aromatic heterocycles. The number of benzene rings is 2. The summed E-state index contributed by atoms with van der Waals surface area (Å²) in [6.07, 6.45) is 0. The number of carbonyl (C=O) groups is 1. The first kappa shape index (κ1) is 16.0. The van der Waals surface area contributed by atoms with E-state index in [2.05, 4.69) is 33.4 Å². The van der Waals surface area contributed by atoms with E-state index in [0.717, 1.165) is 15.7 Å². The lowest BCUT2D eigenvalue weighted by atomic mass is 10.1. The molecule has 2 aromatic rings. The number of aryl methyl sites for hydroxylation is 1. The molecule has 22 heavy (non-hydrogen) atoms. The van der Waals surface area contributed by atoms with Gasteiger partial charge < -0.3 is 5.32 Å². The van der Waals surface area contributed by atoms with Crippen LogP contribution in [-0.2, 0) is 0 Å². The molecular weight excluding hydrogens is 378 g/mol. The summed E-state index contributed by atoms with van der Waals surface area (Å²) < 4.78 is 1.53. The number of hydrogen-bond donors (Lipinski definition) is 1. The van der Waals surface area contributed by atoms with Crippen molar-refractivity contribution < 1.29 is 4.79 Å². The highest BCUT2D eigenvalue weighted by Crippen LogP contribution is 2.45. The van der Waals surface area contributed by atoms with Crippen LogP contribution in [0.5, 0.6) is 0 Å². The molecule has 1 aliphatic heterocycles. The third-order valence-electron chi connectivity index (χ3n) is 3.50. The minimum absolute atomic E-state index is 0.0660. The molecule has 0 saturated carbocycles. The van der Waals surface area contributed by atoms with Crippen molar-refractivity contribution in [2.45, 2.75) is 11.5 Å². The fourth-order valence-corrected chi connectivity index (χ4v) is 5.64. The molecule has 0 atom stereocenters. The third kappa shape index (κ3) is 3.70. The number of thioether (sulfide) groups is 2. The van der Waals surface area contributed by atoms with Gasteiger partial charge in [0, 0.05) is 27.2 Å². The Labute approximate surface area is 147 Å². The van der Waals surface area contributed by atoms with E-state index in [1.807, 2.05) is 60.8 Å². The zero-order chi connectivity index (χ0) is 15.5. The van der Waals surface area contributed by atoms with Crippen molar-refractivity contribution in [1.82, 2.24) is 0 Å². The third-order valence-corrected chi connectivity index (χ3v) is 7.10. The maximum Gasteiger partial charge on any atom is 0.255 e. The van der Waals surface area contributed by atoms with Crippen molar-refractivity contribution in [2.24, 2.45) is 0 Å². The largest absolute Gasteiger partial charge is 0.322 e. The first-order valence-corrected chi connectivity index (χ1v) is 9.93. The highest BCUT2D eigenvalue weighted by atomic mass is 79.9. The van der Waals surface area contributed by atoms with Crippen LogP contribution in [0.4, 0.5) is 5.69 Å². The molecule has 0 radical (unpaired) electrons. The summed E-state index contributed by atoms with van der Waals surface area (Å²) >= 11 is 7.38. The number of nitrogens with one attached hydrogen (secondary N) is 1. The minimum atomic E-state index is -0.0660. The summed E-state index contributed by atoms with van der Waals surface area (Å²) in [6.45, 7) is 1.98. The molecule has 0 aliphatic carbocycles. The van der Waals surface area contributed by atoms with Crippen LogP contribution >= 0.6 is 39.5 Å². The van der Waals surface area contributed by atoms with Gasteiger partial charge in [-0.1, -0.05) is 28.1 Å². The first-order chi connectivity index (χ1) is 10.6. The number of rotatable bonds is 3. The highest BCUT2D eigenvalue weighted by Gasteiger charge is 2.18. The molecular formula is C17H16BrNOS2. The molecule has 2 aromatic carbocycles. The van der Waals surface area contributed by atoms with Crippen molar-refractivity contribution in [3.05, 3.63) is 63.6 Å². The van der Waals surface area contributed by atoms with Crippen LogP contribution in [0.25, 0.3) is 0 Å². The topological polar surface area (TPSA) is 29.1 Å². The summed E-state index contributed by atoms with van der Waals surface area (Å²) in [4.78, 5) is 12.4. The zero-order valence-electron chi connectivity index (χ0n) is 12.1. The molecule has 1 N–H and O–H groups in total. The summed E-state index contributed by atoms with van der Waals surface area (Å²) in [5, 5.41) is 2.97. The van der Waals surface area contributed by atoms with Crippen LogP contribution in [0.1, 0.15) is 26.1 Å². The molecule has 5 heteroatoms. The van der Waals surface area contributed by atoms with E-state index in [9.17, 15) is 4.79 Å². The second kappa shape index (κ2) is 7.11. The van der Waals surface area contributed by atoms with Gasteiger partial charge in [0.05, 0.1) is 4.58 Å². The molecule has 0 spiro atoms. The van der Waals surface area contributed by atoms with Crippen molar-refractivity contribution in [3.63, 3.8) is 0 Å². The smallest absolute Gasteiger partial charge is 0.255 e. The van der Waals surface area contributed by atoms with Gasteiger partial charge in [-0.25, -0.2) is 0 Å². The quantitative estimate of drug-likeness (QED) is 0.747. The van der Waals surface area contributed by atoms with E-state index in [0.29, 0.717) is 10.1 Å². The molecule has 3 rings (SSSR count). The Bertz CT molecular complexity index is 682. The van der Waals surface area contributed by atoms with Gasteiger partial charge in [-0.3, -0.25) is 4.79 Å². The summed E-state index contributed by atoms with van der Waals surface area (Å²) in [5.74, 6) is 2.35. The van der Waals surface area contributed by atoms with Gasteiger partial charge in [-0.2, -0.15) is 0 Å². The predicted octanol–water partition coefficient (Wildman–Crippen LogP) is 5.49. The van der Waals surface area contributed by atoms with E-state index in [1.54, 1.807) is 0 Å². The lowest BCUT2D eigenvalue weighted by molar-refractivity contribution is 0.102. The Hall–Kier alpha value is -0.910. The number of halogens is 1. The Morgan fingerprint density at radius 2 is 1.82 bits per heavy atom. The summed E-state index contributed by atoms with van der Waals surface area (Å²) in [6, 6.07) is 13.8. The molecule has 114 valence electrons. The molecule has 1 fully saturated rings. The normalized spacial score (nSPS) is 15.0. The highest BCUT2D eigenvalue weighted by molar-refractivity contribution is 9.10. The molecule has 0 bridgehead atoms. The number of carbonyl (C=O) groups excluding carboxylic acids is 1. The number of amides is 1. The lowest BCUT2D eigenvalue weighted by Gasteiger charge is -2.11. The molecule has 1 saturated heterocycles. The average molecular weight is 394 g/mol. The predicted molar refractivity (Wildman–Crippen MR) is 101 cm³/mol. The van der Waals surface area contributed by atoms with Crippen LogP contribution in [0, 0.1) is 6.92 Å².